The molecule has 1 aliphatic rings. The molecule has 9 aromatic carbocycles. The zero-order valence-electron chi connectivity index (χ0n) is 33.3. The normalized spacial score (nSPS) is 13.0. The fraction of sp³-hybridized carbons (Fsp3) is 0.0536. The summed E-state index contributed by atoms with van der Waals surface area (Å²) in [7, 11) is 0. The quantitative estimate of drug-likeness (QED) is 0.175. The van der Waals surface area contributed by atoms with Crippen LogP contribution < -0.4 is 0 Å². The van der Waals surface area contributed by atoms with Crippen LogP contribution in [0.15, 0.2) is 194 Å². The van der Waals surface area contributed by atoms with Gasteiger partial charge in [0.25, 0.3) is 0 Å². The maximum absolute atomic E-state index is 5.46. The summed E-state index contributed by atoms with van der Waals surface area (Å²) in [5.74, 6) is 1.82. The molecule has 0 radical (unpaired) electrons. The van der Waals surface area contributed by atoms with Crippen molar-refractivity contribution in [3.8, 4) is 62.1 Å². The molecule has 2 aromatic heterocycles. The van der Waals surface area contributed by atoms with Gasteiger partial charge in [0.05, 0.1) is 11.0 Å². The summed E-state index contributed by atoms with van der Waals surface area (Å²) in [5, 5.41) is 6.92. The van der Waals surface area contributed by atoms with E-state index < -0.39 is 0 Å². The summed E-state index contributed by atoms with van der Waals surface area (Å²) < 4.78 is 2.32. The van der Waals surface area contributed by atoms with Crippen LogP contribution >= 0.6 is 0 Å². The van der Waals surface area contributed by atoms with E-state index in [1.165, 1.54) is 38.8 Å². The van der Waals surface area contributed by atoms with Crippen molar-refractivity contribution in [2.24, 2.45) is 0 Å². The minimum absolute atomic E-state index is 0.205. The number of benzene rings is 9. The van der Waals surface area contributed by atoms with Gasteiger partial charge in [-0.15, -0.1) is 0 Å². The zero-order valence-corrected chi connectivity index (χ0v) is 33.3. The Labute approximate surface area is 348 Å². The number of para-hydroxylation sites is 1. The first-order valence-corrected chi connectivity index (χ1v) is 20.6. The number of fused-ring (bicyclic) bond motifs is 9. The molecule has 0 spiro atoms. The van der Waals surface area contributed by atoms with Crippen LogP contribution in [-0.4, -0.2) is 19.5 Å². The van der Waals surface area contributed by atoms with Crippen molar-refractivity contribution in [2.45, 2.75) is 19.3 Å². The maximum atomic E-state index is 5.46. The predicted octanol–water partition coefficient (Wildman–Crippen LogP) is 14.2. The van der Waals surface area contributed by atoms with Crippen LogP contribution in [0.25, 0.3) is 105 Å². The van der Waals surface area contributed by atoms with Crippen LogP contribution in [-0.2, 0) is 5.41 Å². The van der Waals surface area contributed by atoms with Crippen molar-refractivity contribution in [3.05, 3.63) is 205 Å². The van der Waals surface area contributed by atoms with Gasteiger partial charge in [-0.05, 0) is 61.2 Å². The highest BCUT2D eigenvalue weighted by Gasteiger charge is 2.38. The molecule has 2 heterocycles. The molecular formula is C56H38N4. The van der Waals surface area contributed by atoms with Crippen molar-refractivity contribution in [1.82, 2.24) is 19.5 Å². The van der Waals surface area contributed by atoms with Gasteiger partial charge in [-0.3, -0.25) is 4.57 Å². The molecule has 1 aliphatic carbocycles. The maximum Gasteiger partial charge on any atom is 0.238 e. The number of nitrogens with zero attached hydrogens (tertiary/aromatic N) is 4. The Morgan fingerprint density at radius 3 is 1.75 bits per heavy atom. The molecule has 60 heavy (non-hydrogen) atoms. The smallest absolute Gasteiger partial charge is 0.238 e. The average molecular weight is 767 g/mol. The lowest BCUT2D eigenvalue weighted by Gasteiger charge is -2.25. The van der Waals surface area contributed by atoms with Crippen molar-refractivity contribution in [1.29, 1.82) is 0 Å². The predicted molar refractivity (Wildman–Crippen MR) is 248 cm³/mol. The lowest BCUT2D eigenvalue weighted by Crippen LogP contribution is -2.16. The van der Waals surface area contributed by atoms with Crippen LogP contribution in [0.5, 0.6) is 0 Å². The molecule has 0 saturated heterocycles. The van der Waals surface area contributed by atoms with E-state index in [1.807, 2.05) is 6.07 Å². The first-order chi connectivity index (χ1) is 29.5. The number of hydrogen-bond acceptors (Lipinski definition) is 3. The van der Waals surface area contributed by atoms with E-state index in [9.17, 15) is 0 Å². The fourth-order valence-corrected chi connectivity index (χ4v) is 9.81. The van der Waals surface area contributed by atoms with Crippen molar-refractivity contribution in [3.63, 3.8) is 0 Å². The third-order valence-electron chi connectivity index (χ3n) is 12.6. The summed E-state index contributed by atoms with van der Waals surface area (Å²) in [6.45, 7) is 4.73. The minimum atomic E-state index is -0.205. The summed E-state index contributed by atoms with van der Waals surface area (Å²) in [6, 6.07) is 69.5. The van der Waals surface area contributed by atoms with Crippen molar-refractivity contribution >= 4 is 43.4 Å². The fourth-order valence-electron chi connectivity index (χ4n) is 9.81. The van der Waals surface area contributed by atoms with E-state index >= 15 is 0 Å². The molecule has 4 heteroatoms. The molecule has 0 fully saturated rings. The highest BCUT2D eigenvalue weighted by molar-refractivity contribution is 6.21. The molecule has 0 atom stereocenters. The number of rotatable bonds is 5. The molecule has 4 nitrogen and oxygen atoms in total. The molecule has 0 aliphatic heterocycles. The summed E-state index contributed by atoms with van der Waals surface area (Å²) in [4.78, 5) is 16.2. The van der Waals surface area contributed by atoms with Crippen LogP contribution in [0.3, 0.4) is 0 Å². The van der Waals surface area contributed by atoms with Gasteiger partial charge in [0.1, 0.15) is 0 Å². The summed E-state index contributed by atoms with van der Waals surface area (Å²) in [5.41, 5.74) is 13.8. The Bertz CT molecular complexity index is 3510. The standard InChI is InChI=1S/C56H38N4/c1-56(2)49-25-11-10-20-43(49)44-21-12-22-45(50(44)56)46-23-13-24-47-48-33-32-38-17-8-9-19-42(38)51(48)60(52(46)47)55-58-53(39-29-26-37(27-30-39)35-14-4-3-5-15-35)57-54(59-55)41-31-28-36-16-6-7-18-40(36)34-41/h3-34H,1-2H3. The lowest BCUT2D eigenvalue weighted by atomic mass is 9.78. The highest BCUT2D eigenvalue weighted by Crippen LogP contribution is 2.53. The van der Waals surface area contributed by atoms with E-state index in [-0.39, 0.29) is 5.41 Å². The third kappa shape index (κ3) is 5.20. The van der Waals surface area contributed by atoms with Gasteiger partial charge >= 0.3 is 0 Å². The Balaban J connectivity index is 1.18. The second-order valence-electron chi connectivity index (χ2n) is 16.4. The highest BCUT2D eigenvalue weighted by atomic mass is 15.2. The molecule has 0 N–H and O–H groups in total. The first-order valence-electron chi connectivity index (χ1n) is 20.6. The first kappa shape index (κ1) is 34.4. The number of aromatic nitrogens is 4. The second kappa shape index (κ2) is 13.2. The van der Waals surface area contributed by atoms with E-state index in [0.29, 0.717) is 17.6 Å². The largest absolute Gasteiger partial charge is 0.277 e. The Morgan fingerprint density at radius 2 is 0.917 bits per heavy atom. The SMILES string of the molecule is CC1(C)c2ccccc2-c2cccc(-c3cccc4c5ccc6ccccc6c5n(-c5nc(-c6ccc(-c7ccccc7)cc6)nc(-c6ccc7ccccc7c6)n5)c34)c21. The molecule has 0 saturated carbocycles. The summed E-state index contributed by atoms with van der Waals surface area (Å²) in [6.07, 6.45) is 0. The van der Waals surface area contributed by atoms with Gasteiger partial charge in [0.2, 0.25) is 5.95 Å². The minimum Gasteiger partial charge on any atom is -0.277 e. The lowest BCUT2D eigenvalue weighted by molar-refractivity contribution is 0.662. The Morgan fingerprint density at radius 1 is 0.367 bits per heavy atom. The van der Waals surface area contributed by atoms with Gasteiger partial charge < -0.3 is 0 Å². The molecule has 0 amide bonds. The van der Waals surface area contributed by atoms with Gasteiger partial charge in [0.15, 0.2) is 11.6 Å². The molecule has 0 unspecified atom stereocenters. The van der Waals surface area contributed by atoms with E-state index in [1.54, 1.807) is 0 Å². The Hall–Kier alpha value is -7.69. The van der Waals surface area contributed by atoms with Gasteiger partial charge in [-0.2, -0.15) is 9.97 Å². The number of hydrogen-bond donors (Lipinski definition) is 0. The Kier molecular flexibility index (Phi) is 7.54. The van der Waals surface area contributed by atoms with Gasteiger partial charge in [-0.1, -0.05) is 202 Å². The molecule has 0 bridgehead atoms. The van der Waals surface area contributed by atoms with Crippen molar-refractivity contribution in [2.75, 3.05) is 0 Å². The topological polar surface area (TPSA) is 43.6 Å². The zero-order chi connectivity index (χ0) is 40.0. The van der Waals surface area contributed by atoms with Crippen LogP contribution in [0.1, 0.15) is 25.0 Å². The van der Waals surface area contributed by atoms with Gasteiger partial charge in [-0.25, -0.2) is 4.98 Å². The molecule has 11 aromatic rings. The molecular weight excluding hydrogens is 729 g/mol. The van der Waals surface area contributed by atoms with E-state index in [4.69, 9.17) is 15.0 Å². The summed E-state index contributed by atoms with van der Waals surface area (Å²) >= 11 is 0. The van der Waals surface area contributed by atoms with E-state index in [0.717, 1.165) is 60.2 Å². The van der Waals surface area contributed by atoms with E-state index in [2.05, 4.69) is 206 Å². The van der Waals surface area contributed by atoms with Gasteiger partial charge in [0, 0.05) is 38.3 Å². The molecule has 12 rings (SSSR count). The third-order valence-corrected chi connectivity index (χ3v) is 12.6. The van der Waals surface area contributed by atoms with Crippen LogP contribution in [0.4, 0.5) is 0 Å². The van der Waals surface area contributed by atoms with Crippen LogP contribution in [0.2, 0.25) is 0 Å². The van der Waals surface area contributed by atoms with Crippen molar-refractivity contribution < 1.29 is 0 Å². The second-order valence-corrected chi connectivity index (χ2v) is 16.4. The average Bonchev–Trinajstić information content (AvgIpc) is 3.78. The monoisotopic (exact) mass is 766 g/mol. The molecule has 282 valence electrons. The van der Waals surface area contributed by atoms with Crippen LogP contribution in [0, 0.1) is 0 Å².